The summed E-state index contributed by atoms with van der Waals surface area (Å²) in [5, 5.41) is 0. The molecule has 2 rings (SSSR count). The molecule has 1 aliphatic heterocycles. The molecule has 2 fully saturated rings. The summed E-state index contributed by atoms with van der Waals surface area (Å²) in [6.07, 6.45) is 1.42. The first-order chi connectivity index (χ1) is 3.31. The quantitative estimate of drug-likeness (QED) is 0.440. The fourth-order valence-electron chi connectivity index (χ4n) is 1.38. The molecule has 0 spiro atoms. The minimum absolute atomic E-state index is 0.639. The summed E-state index contributed by atoms with van der Waals surface area (Å²) in [6.45, 7) is 4.37. The Morgan fingerprint density at radius 2 is 2.57 bits per heavy atom. The van der Waals surface area contributed by atoms with Crippen molar-refractivity contribution in [3.05, 3.63) is 0 Å². The summed E-state index contributed by atoms with van der Waals surface area (Å²) >= 11 is 0. The van der Waals surface area contributed by atoms with E-state index in [4.69, 9.17) is 4.74 Å². The molecule has 0 aromatic heterocycles. The highest BCUT2D eigenvalue weighted by Gasteiger charge is 2.54. The van der Waals surface area contributed by atoms with Crippen molar-refractivity contribution in [2.45, 2.75) is 13.3 Å². The lowest BCUT2D eigenvalue weighted by Gasteiger charge is -1.96. The van der Waals surface area contributed by atoms with Crippen molar-refractivity contribution in [1.82, 2.24) is 0 Å². The van der Waals surface area contributed by atoms with Gasteiger partial charge in [-0.1, -0.05) is 6.92 Å². The predicted molar refractivity (Wildman–Crippen MR) is 27.0 cm³/mol. The summed E-state index contributed by atoms with van der Waals surface area (Å²) in [7, 11) is 0. The van der Waals surface area contributed by atoms with Crippen molar-refractivity contribution in [3.63, 3.8) is 0 Å². The van der Waals surface area contributed by atoms with Gasteiger partial charge < -0.3 is 4.74 Å². The first-order valence-corrected chi connectivity index (χ1v) is 2.89. The number of hydrogen-bond acceptors (Lipinski definition) is 1. The fraction of sp³-hybridized carbons (Fsp3) is 1.00. The van der Waals surface area contributed by atoms with E-state index in [1.807, 2.05) is 0 Å². The van der Waals surface area contributed by atoms with E-state index in [1.165, 1.54) is 6.42 Å². The maximum absolute atomic E-state index is 5.21. The molecule has 0 radical (unpaired) electrons. The van der Waals surface area contributed by atoms with Crippen LogP contribution in [0.25, 0.3) is 0 Å². The SMILES string of the molecule is CC12COC[C@@H]1C2. The van der Waals surface area contributed by atoms with Crippen molar-refractivity contribution in [1.29, 1.82) is 0 Å². The van der Waals surface area contributed by atoms with Gasteiger partial charge in [0.2, 0.25) is 0 Å². The molecule has 1 heterocycles. The maximum Gasteiger partial charge on any atom is 0.0523 e. The number of rotatable bonds is 0. The normalized spacial score (nSPS) is 57.0. The van der Waals surface area contributed by atoms with Crippen LogP contribution in [0, 0.1) is 11.3 Å². The second-order valence-electron chi connectivity index (χ2n) is 3.07. The van der Waals surface area contributed by atoms with Crippen LogP contribution in [0.2, 0.25) is 0 Å². The molecule has 1 unspecified atom stereocenters. The predicted octanol–water partition coefficient (Wildman–Crippen LogP) is 1.04. The molecule has 1 aliphatic carbocycles. The smallest absolute Gasteiger partial charge is 0.0523 e. The molecule has 1 heteroatoms. The summed E-state index contributed by atoms with van der Waals surface area (Å²) in [5.41, 5.74) is 0.639. The lowest BCUT2D eigenvalue weighted by Crippen LogP contribution is -1.96. The summed E-state index contributed by atoms with van der Waals surface area (Å²) < 4.78 is 5.21. The number of ether oxygens (including phenoxy) is 1. The van der Waals surface area contributed by atoms with E-state index >= 15 is 0 Å². The standard InChI is InChI=1S/C6H10O/c1-6-2-5(6)3-7-4-6/h5H,2-4H2,1H3/t5-,6?/m0/s1. The minimum Gasteiger partial charge on any atom is -0.381 e. The summed E-state index contributed by atoms with van der Waals surface area (Å²) in [6, 6.07) is 0. The van der Waals surface area contributed by atoms with Crippen molar-refractivity contribution in [3.8, 4) is 0 Å². The van der Waals surface area contributed by atoms with Crippen LogP contribution in [0.15, 0.2) is 0 Å². The topological polar surface area (TPSA) is 9.23 Å². The van der Waals surface area contributed by atoms with E-state index < -0.39 is 0 Å². The Morgan fingerprint density at radius 3 is 2.71 bits per heavy atom. The third kappa shape index (κ3) is 0.367. The first-order valence-electron chi connectivity index (χ1n) is 2.89. The van der Waals surface area contributed by atoms with Crippen LogP contribution in [-0.2, 0) is 4.74 Å². The van der Waals surface area contributed by atoms with Gasteiger partial charge in [-0.05, 0) is 17.8 Å². The second-order valence-corrected chi connectivity index (χ2v) is 3.07. The van der Waals surface area contributed by atoms with E-state index in [0.29, 0.717) is 5.41 Å². The Morgan fingerprint density at radius 1 is 1.71 bits per heavy atom. The Hall–Kier alpha value is -0.0400. The zero-order valence-corrected chi connectivity index (χ0v) is 4.61. The third-order valence-electron chi connectivity index (χ3n) is 2.29. The van der Waals surface area contributed by atoms with Gasteiger partial charge in [0.15, 0.2) is 0 Å². The zero-order chi connectivity index (χ0) is 4.91. The zero-order valence-electron chi connectivity index (χ0n) is 4.61. The third-order valence-corrected chi connectivity index (χ3v) is 2.29. The second kappa shape index (κ2) is 0.873. The van der Waals surface area contributed by atoms with E-state index in [1.54, 1.807) is 0 Å². The molecule has 1 nitrogen and oxygen atoms in total. The Balaban J connectivity index is 2.17. The minimum atomic E-state index is 0.639. The van der Waals surface area contributed by atoms with Crippen LogP contribution in [0.1, 0.15) is 13.3 Å². The highest BCUT2D eigenvalue weighted by molar-refractivity contribution is 5.02. The van der Waals surface area contributed by atoms with E-state index in [2.05, 4.69) is 6.92 Å². The molecule has 0 N–H and O–H groups in total. The Bertz CT molecular complexity index is 98.4. The van der Waals surface area contributed by atoms with Crippen LogP contribution in [0.4, 0.5) is 0 Å². The fourth-order valence-corrected chi connectivity index (χ4v) is 1.38. The molecule has 7 heavy (non-hydrogen) atoms. The van der Waals surface area contributed by atoms with Crippen LogP contribution in [0.3, 0.4) is 0 Å². The summed E-state index contributed by atoms with van der Waals surface area (Å²) in [5.74, 6) is 0.937. The van der Waals surface area contributed by atoms with Gasteiger partial charge in [0, 0.05) is 0 Å². The lowest BCUT2D eigenvalue weighted by atomic mass is 10.1. The average Bonchev–Trinajstić information content (AvgIpc) is 2.09. The van der Waals surface area contributed by atoms with E-state index in [9.17, 15) is 0 Å². The van der Waals surface area contributed by atoms with Crippen molar-refractivity contribution >= 4 is 0 Å². The highest BCUT2D eigenvalue weighted by atomic mass is 16.5. The molecular formula is C6H10O. The molecule has 0 aromatic rings. The number of hydrogen-bond donors (Lipinski definition) is 0. The van der Waals surface area contributed by atoms with Gasteiger partial charge in [-0.2, -0.15) is 0 Å². The van der Waals surface area contributed by atoms with Crippen molar-refractivity contribution in [2.24, 2.45) is 11.3 Å². The van der Waals surface area contributed by atoms with Gasteiger partial charge in [-0.15, -0.1) is 0 Å². The van der Waals surface area contributed by atoms with Crippen molar-refractivity contribution in [2.75, 3.05) is 13.2 Å². The van der Waals surface area contributed by atoms with Gasteiger partial charge in [0.25, 0.3) is 0 Å². The van der Waals surface area contributed by atoms with Gasteiger partial charge >= 0.3 is 0 Å². The molecule has 40 valence electrons. The van der Waals surface area contributed by atoms with Gasteiger partial charge in [-0.3, -0.25) is 0 Å². The molecule has 1 saturated heterocycles. The largest absolute Gasteiger partial charge is 0.381 e. The first kappa shape index (κ1) is 3.90. The molecule has 0 aromatic carbocycles. The highest BCUT2D eigenvalue weighted by Crippen LogP contribution is 2.56. The summed E-state index contributed by atoms with van der Waals surface area (Å²) in [4.78, 5) is 0. The van der Waals surface area contributed by atoms with Gasteiger partial charge in [0.1, 0.15) is 0 Å². The van der Waals surface area contributed by atoms with Gasteiger partial charge in [0.05, 0.1) is 13.2 Å². The number of fused-ring (bicyclic) bond motifs is 1. The van der Waals surface area contributed by atoms with Crippen LogP contribution in [-0.4, -0.2) is 13.2 Å². The monoisotopic (exact) mass is 98.1 g/mol. The lowest BCUT2D eigenvalue weighted by molar-refractivity contribution is 0.151. The Kier molecular flexibility index (Phi) is 0.487. The van der Waals surface area contributed by atoms with Crippen molar-refractivity contribution < 1.29 is 4.74 Å². The molecule has 0 bridgehead atoms. The molecule has 2 atom stereocenters. The van der Waals surface area contributed by atoms with Gasteiger partial charge in [-0.25, -0.2) is 0 Å². The molecule has 0 amide bonds. The maximum atomic E-state index is 5.21. The van der Waals surface area contributed by atoms with Crippen LogP contribution < -0.4 is 0 Å². The van der Waals surface area contributed by atoms with Crippen LogP contribution in [0.5, 0.6) is 0 Å². The Labute approximate surface area is 43.7 Å². The molecule has 1 saturated carbocycles. The van der Waals surface area contributed by atoms with E-state index in [-0.39, 0.29) is 0 Å². The molecular weight excluding hydrogens is 88.1 g/mol. The average molecular weight is 98.1 g/mol. The van der Waals surface area contributed by atoms with E-state index in [0.717, 1.165) is 19.1 Å². The molecule has 2 aliphatic rings. The van der Waals surface area contributed by atoms with Crippen LogP contribution >= 0.6 is 0 Å².